The van der Waals surface area contributed by atoms with Crippen LogP contribution in [0, 0.1) is 0 Å². The molecule has 0 bridgehead atoms. The van der Waals surface area contributed by atoms with Crippen LogP contribution in [-0.4, -0.2) is 7.35 Å². The van der Waals surface area contributed by atoms with Gasteiger partial charge in [0.25, 0.3) is 0 Å². The summed E-state index contributed by atoms with van der Waals surface area (Å²) < 4.78 is 14.1. The molecule has 0 aliphatic heterocycles. The summed E-state index contributed by atoms with van der Waals surface area (Å²) in [4.78, 5) is 0. The molecule has 2 nitrogen and oxygen atoms in total. The van der Waals surface area contributed by atoms with Crippen molar-refractivity contribution in [2.45, 2.75) is 0 Å². The second-order valence-corrected chi connectivity index (χ2v) is 2.06. The van der Waals surface area contributed by atoms with Gasteiger partial charge in [0.05, 0.1) is 0 Å². The van der Waals surface area contributed by atoms with Gasteiger partial charge in [-0.1, -0.05) is 0 Å². The molecule has 4 heteroatoms. The molecular formula is C4H3BO2S. The zero-order chi connectivity index (χ0) is 5.82. The number of hydrogen-bond donors (Lipinski definition) is 0. The SMILES string of the molecule is O=BOc1cccs1. The Morgan fingerprint density at radius 3 is 3.12 bits per heavy atom. The topological polar surface area (TPSA) is 26.3 Å². The van der Waals surface area contributed by atoms with E-state index in [1.807, 2.05) is 11.4 Å². The van der Waals surface area contributed by atoms with E-state index in [-0.39, 0.29) is 0 Å². The number of thiophene rings is 1. The molecule has 1 aromatic rings. The zero-order valence-corrected chi connectivity index (χ0v) is 4.85. The molecule has 40 valence electrons. The Labute approximate surface area is 51.4 Å². The maximum absolute atomic E-state index is 9.66. The summed E-state index contributed by atoms with van der Waals surface area (Å²) in [5.41, 5.74) is 0. The second kappa shape index (κ2) is 2.62. The third kappa shape index (κ3) is 1.17. The van der Waals surface area contributed by atoms with Crippen LogP contribution in [0.15, 0.2) is 17.5 Å². The van der Waals surface area contributed by atoms with Crippen LogP contribution in [0.2, 0.25) is 0 Å². The van der Waals surface area contributed by atoms with Crippen LogP contribution in [0.25, 0.3) is 0 Å². The second-order valence-electron chi connectivity index (χ2n) is 1.15. The summed E-state index contributed by atoms with van der Waals surface area (Å²) in [6.45, 7) is 0. The molecule has 0 spiro atoms. The van der Waals surface area contributed by atoms with Crippen molar-refractivity contribution in [3.05, 3.63) is 17.5 Å². The summed E-state index contributed by atoms with van der Waals surface area (Å²) in [5.74, 6) is 0. The van der Waals surface area contributed by atoms with Crippen molar-refractivity contribution in [2.75, 3.05) is 0 Å². The molecule has 0 saturated carbocycles. The van der Waals surface area contributed by atoms with E-state index >= 15 is 0 Å². The van der Waals surface area contributed by atoms with Crippen LogP contribution < -0.4 is 4.65 Å². The van der Waals surface area contributed by atoms with Gasteiger partial charge in [-0.05, 0) is 0 Å². The Balaban J connectivity index is 2.62. The maximum atomic E-state index is 9.66. The van der Waals surface area contributed by atoms with Gasteiger partial charge in [0, 0.05) is 0 Å². The van der Waals surface area contributed by atoms with E-state index in [0.29, 0.717) is 12.4 Å². The van der Waals surface area contributed by atoms with Gasteiger partial charge in [-0.3, -0.25) is 0 Å². The summed E-state index contributed by atoms with van der Waals surface area (Å²) in [6, 6.07) is 3.56. The van der Waals surface area contributed by atoms with Crippen LogP contribution in [0.5, 0.6) is 5.06 Å². The molecular weight excluding hydrogens is 123 g/mol. The van der Waals surface area contributed by atoms with Crippen molar-refractivity contribution in [1.29, 1.82) is 0 Å². The van der Waals surface area contributed by atoms with E-state index in [2.05, 4.69) is 4.65 Å². The van der Waals surface area contributed by atoms with Crippen molar-refractivity contribution in [3.63, 3.8) is 0 Å². The molecule has 0 fully saturated rings. The molecule has 1 heterocycles. The quantitative estimate of drug-likeness (QED) is 0.554. The van der Waals surface area contributed by atoms with Gasteiger partial charge in [-0.25, -0.2) is 0 Å². The fourth-order valence-electron chi connectivity index (χ4n) is 0.378. The van der Waals surface area contributed by atoms with Gasteiger partial charge in [0.1, 0.15) is 0 Å². The number of rotatable bonds is 2. The molecule has 0 atom stereocenters. The number of hydrogen-bond acceptors (Lipinski definition) is 3. The van der Waals surface area contributed by atoms with E-state index < -0.39 is 0 Å². The van der Waals surface area contributed by atoms with Gasteiger partial charge >= 0.3 is 50.6 Å². The molecule has 0 radical (unpaired) electrons. The molecule has 1 rings (SSSR count). The van der Waals surface area contributed by atoms with Gasteiger partial charge in [-0.2, -0.15) is 0 Å². The Morgan fingerprint density at radius 1 is 1.75 bits per heavy atom. The molecule has 0 saturated heterocycles. The molecule has 0 N–H and O–H groups in total. The van der Waals surface area contributed by atoms with E-state index in [0.717, 1.165) is 0 Å². The van der Waals surface area contributed by atoms with Gasteiger partial charge in [0.15, 0.2) is 0 Å². The zero-order valence-electron chi connectivity index (χ0n) is 4.03. The van der Waals surface area contributed by atoms with Crippen LogP contribution in [0.4, 0.5) is 0 Å². The Bertz CT molecular complexity index is 161. The Morgan fingerprint density at radius 2 is 2.62 bits per heavy atom. The van der Waals surface area contributed by atoms with Gasteiger partial charge < -0.3 is 0 Å². The van der Waals surface area contributed by atoms with Gasteiger partial charge in [0.2, 0.25) is 0 Å². The molecule has 0 unspecified atom stereocenters. The third-order valence-corrected chi connectivity index (χ3v) is 1.42. The van der Waals surface area contributed by atoms with E-state index in [4.69, 9.17) is 0 Å². The van der Waals surface area contributed by atoms with Crippen LogP contribution in [-0.2, 0) is 4.70 Å². The summed E-state index contributed by atoms with van der Waals surface area (Å²) >= 11 is 1.39. The molecule has 0 aromatic carbocycles. The van der Waals surface area contributed by atoms with Crippen molar-refractivity contribution in [2.24, 2.45) is 0 Å². The Kier molecular flexibility index (Phi) is 1.80. The van der Waals surface area contributed by atoms with Gasteiger partial charge in [-0.15, -0.1) is 0 Å². The minimum atomic E-state index is 0.422. The van der Waals surface area contributed by atoms with Crippen molar-refractivity contribution in [3.8, 4) is 5.06 Å². The molecule has 8 heavy (non-hydrogen) atoms. The minimum absolute atomic E-state index is 0.422. The standard InChI is InChI=1S/C4H3BO2S/c6-5-7-4-2-1-3-8-4/h1-3H. The van der Waals surface area contributed by atoms with Crippen molar-refractivity contribution < 1.29 is 9.36 Å². The molecule has 0 aliphatic rings. The molecule has 0 amide bonds. The molecule has 0 aliphatic carbocycles. The fourth-order valence-corrected chi connectivity index (χ4v) is 0.921. The van der Waals surface area contributed by atoms with Crippen LogP contribution in [0.3, 0.4) is 0 Å². The van der Waals surface area contributed by atoms with Crippen LogP contribution >= 0.6 is 11.3 Å². The van der Waals surface area contributed by atoms with E-state index in [9.17, 15) is 4.70 Å². The first kappa shape index (κ1) is 5.50. The van der Waals surface area contributed by atoms with E-state index in [1.165, 1.54) is 11.3 Å². The van der Waals surface area contributed by atoms with Crippen LogP contribution in [0.1, 0.15) is 0 Å². The first-order valence-electron chi connectivity index (χ1n) is 2.07. The normalized spacial score (nSPS) is 8.00. The predicted molar refractivity (Wildman–Crippen MR) is 31.4 cm³/mol. The first-order valence-corrected chi connectivity index (χ1v) is 2.95. The molecule has 1 aromatic heterocycles. The van der Waals surface area contributed by atoms with Crippen molar-refractivity contribution >= 4 is 18.7 Å². The van der Waals surface area contributed by atoms with E-state index in [1.54, 1.807) is 6.07 Å². The predicted octanol–water partition coefficient (Wildman–Crippen LogP) is 1.09. The summed E-state index contributed by atoms with van der Waals surface area (Å²) in [7, 11) is 0.422. The average Bonchev–Trinajstić information content (AvgIpc) is 2.19. The third-order valence-electron chi connectivity index (χ3n) is 0.659. The van der Waals surface area contributed by atoms with Crippen molar-refractivity contribution in [1.82, 2.24) is 0 Å². The summed E-state index contributed by atoms with van der Waals surface area (Å²) in [6.07, 6.45) is 0. The Hall–Kier alpha value is -0.635. The fraction of sp³-hybridized carbons (Fsp3) is 0. The summed E-state index contributed by atoms with van der Waals surface area (Å²) in [5, 5.41) is 2.48. The first-order chi connectivity index (χ1) is 3.93. The monoisotopic (exact) mass is 126 g/mol. The average molecular weight is 126 g/mol.